The number of hydrogen-bond acceptors (Lipinski definition) is 4. The second kappa shape index (κ2) is 5.14. The summed E-state index contributed by atoms with van der Waals surface area (Å²) in [6, 6.07) is 2.88. The monoisotopic (exact) mass is 300 g/mol. The molecule has 0 spiro atoms. The van der Waals surface area contributed by atoms with Gasteiger partial charge in [0.1, 0.15) is 11.5 Å². The van der Waals surface area contributed by atoms with Crippen LogP contribution in [-0.2, 0) is 9.31 Å². The molecular formula is C14H19BF2O4. The third-order valence-corrected chi connectivity index (χ3v) is 3.97. The van der Waals surface area contributed by atoms with E-state index in [1.165, 1.54) is 12.1 Å². The van der Waals surface area contributed by atoms with Crippen LogP contribution in [0, 0.1) is 6.92 Å². The molecule has 1 N–H and O–H groups in total. The maximum Gasteiger partial charge on any atom is 0.502 e. The fourth-order valence-corrected chi connectivity index (χ4v) is 2.14. The minimum Gasteiger partial charge on any atom is -0.508 e. The average Bonchev–Trinajstić information content (AvgIpc) is 2.44. The van der Waals surface area contributed by atoms with Crippen molar-refractivity contribution >= 4 is 12.6 Å². The van der Waals surface area contributed by atoms with E-state index in [9.17, 15) is 13.9 Å². The first-order chi connectivity index (χ1) is 9.53. The normalized spacial score (nSPS) is 20.1. The van der Waals surface area contributed by atoms with Gasteiger partial charge in [-0.3, -0.25) is 0 Å². The van der Waals surface area contributed by atoms with Crippen molar-refractivity contribution in [1.29, 1.82) is 0 Å². The zero-order valence-corrected chi connectivity index (χ0v) is 12.7. The van der Waals surface area contributed by atoms with Crippen LogP contribution in [0.4, 0.5) is 8.78 Å². The van der Waals surface area contributed by atoms with Crippen LogP contribution < -0.4 is 10.2 Å². The summed E-state index contributed by atoms with van der Waals surface area (Å²) >= 11 is 0. The highest BCUT2D eigenvalue weighted by Crippen LogP contribution is 2.38. The topological polar surface area (TPSA) is 47.9 Å². The van der Waals surface area contributed by atoms with Gasteiger partial charge in [-0.1, -0.05) is 0 Å². The number of hydrogen-bond donors (Lipinski definition) is 1. The Morgan fingerprint density at radius 2 is 1.67 bits per heavy atom. The Hall–Kier alpha value is -1.34. The molecule has 0 aromatic heterocycles. The number of benzene rings is 1. The lowest BCUT2D eigenvalue weighted by molar-refractivity contribution is -0.0493. The third kappa shape index (κ3) is 2.99. The van der Waals surface area contributed by atoms with Crippen LogP contribution in [0.15, 0.2) is 12.1 Å². The minimum atomic E-state index is -2.99. The van der Waals surface area contributed by atoms with Crippen molar-refractivity contribution in [3.8, 4) is 11.5 Å². The fourth-order valence-electron chi connectivity index (χ4n) is 2.14. The van der Waals surface area contributed by atoms with Crippen LogP contribution in [0.1, 0.15) is 33.3 Å². The maximum atomic E-state index is 12.6. The number of phenols is 1. The molecule has 7 heteroatoms. The van der Waals surface area contributed by atoms with Crippen LogP contribution in [0.2, 0.25) is 0 Å². The highest BCUT2D eigenvalue weighted by atomic mass is 19.3. The molecule has 1 aromatic rings. The molecule has 0 aliphatic carbocycles. The van der Waals surface area contributed by atoms with E-state index in [-0.39, 0.29) is 17.0 Å². The first-order valence-corrected chi connectivity index (χ1v) is 6.67. The van der Waals surface area contributed by atoms with E-state index in [4.69, 9.17) is 9.31 Å². The van der Waals surface area contributed by atoms with E-state index in [1.807, 2.05) is 27.7 Å². The van der Waals surface area contributed by atoms with Gasteiger partial charge < -0.3 is 19.2 Å². The lowest BCUT2D eigenvalue weighted by atomic mass is 9.77. The summed E-state index contributed by atoms with van der Waals surface area (Å²) < 4.78 is 41.2. The first kappa shape index (κ1) is 16.0. The van der Waals surface area contributed by atoms with Crippen molar-refractivity contribution in [1.82, 2.24) is 0 Å². The summed E-state index contributed by atoms with van der Waals surface area (Å²) in [5.41, 5.74) is -0.600. The summed E-state index contributed by atoms with van der Waals surface area (Å²) in [4.78, 5) is 0. The molecule has 0 amide bonds. The summed E-state index contributed by atoms with van der Waals surface area (Å²) in [6.45, 7) is 6.04. The predicted molar refractivity (Wildman–Crippen MR) is 75.2 cm³/mol. The number of alkyl halides is 2. The number of ether oxygens (including phenoxy) is 1. The highest BCUT2D eigenvalue weighted by molar-refractivity contribution is 6.64. The van der Waals surface area contributed by atoms with Gasteiger partial charge in [0.05, 0.1) is 16.7 Å². The molecule has 116 valence electrons. The van der Waals surface area contributed by atoms with E-state index < -0.39 is 24.9 Å². The number of aryl methyl sites for hydroxylation is 1. The van der Waals surface area contributed by atoms with Crippen LogP contribution in [0.3, 0.4) is 0 Å². The minimum absolute atomic E-state index is 0.0829. The van der Waals surface area contributed by atoms with E-state index in [1.54, 1.807) is 6.92 Å². The molecule has 21 heavy (non-hydrogen) atoms. The third-order valence-electron chi connectivity index (χ3n) is 3.97. The number of halogens is 2. The molecule has 1 aliphatic heterocycles. The molecule has 0 radical (unpaired) electrons. The fraction of sp³-hybridized carbons (Fsp3) is 0.571. The Labute approximate surface area is 123 Å². The van der Waals surface area contributed by atoms with Crippen molar-refractivity contribution in [3.05, 3.63) is 17.7 Å². The number of phenolic OH excluding ortho intramolecular Hbond substituents is 1. The van der Waals surface area contributed by atoms with Crippen molar-refractivity contribution < 1.29 is 27.9 Å². The van der Waals surface area contributed by atoms with Gasteiger partial charge in [0, 0.05) is 0 Å². The predicted octanol–water partition coefficient (Wildman–Crippen LogP) is 2.60. The lowest BCUT2D eigenvalue weighted by Crippen LogP contribution is -2.41. The van der Waals surface area contributed by atoms with E-state index in [2.05, 4.69) is 4.74 Å². The Bertz CT molecular complexity index is 530. The summed E-state index contributed by atoms with van der Waals surface area (Å²) in [5, 5.41) is 10.1. The molecule has 1 aromatic carbocycles. The second-order valence-corrected chi connectivity index (χ2v) is 6.16. The molecule has 0 bridgehead atoms. The van der Waals surface area contributed by atoms with Gasteiger partial charge >= 0.3 is 13.7 Å². The molecule has 0 atom stereocenters. The van der Waals surface area contributed by atoms with Crippen molar-refractivity contribution in [2.75, 3.05) is 0 Å². The molecule has 4 nitrogen and oxygen atoms in total. The van der Waals surface area contributed by atoms with E-state index in [0.29, 0.717) is 5.56 Å². The summed E-state index contributed by atoms with van der Waals surface area (Å²) in [5.74, 6) is -0.329. The molecule has 1 saturated heterocycles. The SMILES string of the molecule is Cc1cc(O)c(B2OC(C)(C)C(C)(C)O2)c(OC(F)F)c1. The van der Waals surface area contributed by atoms with Crippen molar-refractivity contribution in [2.24, 2.45) is 0 Å². The van der Waals surface area contributed by atoms with Gasteiger partial charge in [-0.2, -0.15) is 8.78 Å². The van der Waals surface area contributed by atoms with Gasteiger partial charge in [-0.25, -0.2) is 0 Å². The maximum absolute atomic E-state index is 12.6. The standard InChI is InChI=1S/C14H19BF2O4/c1-8-6-9(18)11(10(7-8)19-12(16)17)15-20-13(2,3)14(4,5)21-15/h6-7,12,18H,1-5H3. The van der Waals surface area contributed by atoms with Crippen molar-refractivity contribution in [2.45, 2.75) is 52.4 Å². The zero-order chi connectivity index (χ0) is 16.0. The smallest absolute Gasteiger partial charge is 0.502 e. The number of aromatic hydroxyl groups is 1. The average molecular weight is 300 g/mol. The Morgan fingerprint density at radius 3 is 2.14 bits per heavy atom. The first-order valence-electron chi connectivity index (χ1n) is 6.67. The van der Waals surface area contributed by atoms with Crippen molar-refractivity contribution in [3.63, 3.8) is 0 Å². The Kier molecular flexibility index (Phi) is 3.93. The summed E-state index contributed by atoms with van der Waals surface area (Å²) in [6.07, 6.45) is 0. The number of rotatable bonds is 3. The van der Waals surface area contributed by atoms with E-state index >= 15 is 0 Å². The lowest BCUT2D eigenvalue weighted by Gasteiger charge is -2.32. The van der Waals surface area contributed by atoms with Gasteiger partial charge in [-0.15, -0.1) is 0 Å². The zero-order valence-electron chi connectivity index (χ0n) is 12.7. The quantitative estimate of drug-likeness (QED) is 0.872. The summed E-state index contributed by atoms with van der Waals surface area (Å²) in [7, 11) is -0.968. The van der Waals surface area contributed by atoms with E-state index in [0.717, 1.165) is 0 Å². The highest BCUT2D eigenvalue weighted by Gasteiger charge is 2.53. The van der Waals surface area contributed by atoms with Crippen LogP contribution in [0.5, 0.6) is 11.5 Å². The molecule has 2 rings (SSSR count). The molecular weight excluding hydrogens is 281 g/mol. The van der Waals surface area contributed by atoms with Gasteiger partial charge in [0.2, 0.25) is 0 Å². The molecule has 0 unspecified atom stereocenters. The molecule has 0 saturated carbocycles. The van der Waals surface area contributed by atoms with Crippen LogP contribution in [-0.4, -0.2) is 30.0 Å². The molecule has 1 fully saturated rings. The largest absolute Gasteiger partial charge is 0.508 e. The molecule has 1 aliphatic rings. The van der Waals surface area contributed by atoms with Gasteiger partial charge in [-0.05, 0) is 52.3 Å². The Morgan fingerprint density at radius 1 is 1.14 bits per heavy atom. The van der Waals surface area contributed by atoms with Crippen LogP contribution in [0.25, 0.3) is 0 Å². The van der Waals surface area contributed by atoms with Crippen LogP contribution >= 0.6 is 0 Å². The second-order valence-electron chi connectivity index (χ2n) is 6.16. The molecule has 1 heterocycles. The van der Waals surface area contributed by atoms with Gasteiger partial charge in [0.15, 0.2) is 0 Å². The Balaban J connectivity index is 2.45. The van der Waals surface area contributed by atoms with Gasteiger partial charge in [0.25, 0.3) is 0 Å².